The molecule has 1 unspecified atom stereocenters. The van der Waals surface area contributed by atoms with Crippen molar-refractivity contribution in [1.29, 1.82) is 0 Å². The van der Waals surface area contributed by atoms with Gasteiger partial charge in [0.15, 0.2) is 0 Å². The van der Waals surface area contributed by atoms with Crippen LogP contribution in [0.1, 0.15) is 78.1 Å². The highest BCUT2D eigenvalue weighted by molar-refractivity contribution is 5.77. The number of hydrogen-bond acceptors (Lipinski definition) is 4. The van der Waals surface area contributed by atoms with Crippen LogP contribution in [0.3, 0.4) is 0 Å². The molecule has 0 saturated carbocycles. The molecule has 0 aromatic carbocycles. The van der Waals surface area contributed by atoms with Gasteiger partial charge in [-0.1, -0.05) is 63.8 Å². The Morgan fingerprint density at radius 2 is 1.32 bits per heavy atom. The highest BCUT2D eigenvalue weighted by atomic mass is 16.6. The zero-order chi connectivity index (χ0) is 22.6. The predicted molar refractivity (Wildman–Crippen MR) is 128 cm³/mol. The molecule has 178 valence electrons. The summed E-state index contributed by atoms with van der Waals surface area (Å²) in [5, 5.41) is 5.98. The molecule has 1 aliphatic rings. The second-order valence-corrected chi connectivity index (χ2v) is 8.30. The van der Waals surface area contributed by atoms with Crippen molar-refractivity contribution in [1.82, 2.24) is 15.5 Å². The van der Waals surface area contributed by atoms with Crippen molar-refractivity contribution in [3.8, 4) is 0 Å². The van der Waals surface area contributed by atoms with Gasteiger partial charge in [0, 0.05) is 45.6 Å². The first kappa shape index (κ1) is 27.4. The van der Waals surface area contributed by atoms with Crippen LogP contribution in [0.2, 0.25) is 0 Å². The molecule has 1 heterocycles. The summed E-state index contributed by atoms with van der Waals surface area (Å²) >= 11 is 0. The third kappa shape index (κ3) is 17.7. The highest BCUT2D eigenvalue weighted by Crippen LogP contribution is 2.10. The number of nitrogens with one attached hydrogen (secondary N) is 2. The van der Waals surface area contributed by atoms with Crippen LogP contribution in [0.4, 0.5) is 0 Å². The van der Waals surface area contributed by atoms with Gasteiger partial charge >= 0.3 is 0 Å². The van der Waals surface area contributed by atoms with Crippen LogP contribution >= 0.6 is 0 Å². The van der Waals surface area contributed by atoms with Gasteiger partial charge in [0.25, 0.3) is 0 Å². The smallest absolute Gasteiger partial charge is 0.223 e. The van der Waals surface area contributed by atoms with Gasteiger partial charge in [0.2, 0.25) is 11.8 Å². The Hall–Kier alpha value is -1.66. The second kappa shape index (κ2) is 19.1. The highest BCUT2D eigenvalue weighted by Gasteiger charge is 2.25. The number of hydrogen-bond donors (Lipinski definition) is 2. The van der Waals surface area contributed by atoms with E-state index in [0.29, 0.717) is 32.0 Å². The third-order valence-electron chi connectivity index (χ3n) is 5.25. The maximum Gasteiger partial charge on any atom is 0.223 e. The molecule has 1 aliphatic heterocycles. The van der Waals surface area contributed by atoms with E-state index >= 15 is 0 Å². The van der Waals surface area contributed by atoms with Crippen LogP contribution in [0.15, 0.2) is 24.3 Å². The average Bonchev–Trinajstić information content (AvgIpc) is 3.57. The van der Waals surface area contributed by atoms with E-state index in [0.717, 1.165) is 39.1 Å². The van der Waals surface area contributed by atoms with Gasteiger partial charge in [-0.15, -0.1) is 0 Å². The molecule has 2 amide bonds. The lowest BCUT2D eigenvalue weighted by Gasteiger charge is -2.21. The number of ether oxygens (including phenoxy) is 1. The molecule has 6 heteroatoms. The molecule has 1 saturated heterocycles. The van der Waals surface area contributed by atoms with E-state index in [4.69, 9.17) is 4.74 Å². The first-order chi connectivity index (χ1) is 15.2. The van der Waals surface area contributed by atoms with E-state index in [9.17, 15) is 9.59 Å². The summed E-state index contributed by atoms with van der Waals surface area (Å²) in [5.74, 6) is 0.127. The van der Waals surface area contributed by atoms with Gasteiger partial charge in [-0.05, 0) is 25.7 Å². The third-order valence-corrected chi connectivity index (χ3v) is 5.25. The maximum absolute atomic E-state index is 12.0. The molecule has 0 bridgehead atoms. The Balaban J connectivity index is 2.14. The van der Waals surface area contributed by atoms with Crippen LogP contribution in [0, 0.1) is 0 Å². The minimum absolute atomic E-state index is 0.0633. The molecule has 1 fully saturated rings. The Labute approximate surface area is 189 Å². The fourth-order valence-electron chi connectivity index (χ4n) is 3.25. The van der Waals surface area contributed by atoms with Crippen molar-refractivity contribution in [2.45, 2.75) is 84.2 Å². The predicted octanol–water partition coefficient (Wildman–Crippen LogP) is 3.97. The molecule has 31 heavy (non-hydrogen) atoms. The summed E-state index contributed by atoms with van der Waals surface area (Å²) < 4.78 is 5.35. The summed E-state index contributed by atoms with van der Waals surface area (Å²) in [5.41, 5.74) is 0. The van der Waals surface area contributed by atoms with Crippen LogP contribution in [0.25, 0.3) is 0 Å². The molecule has 0 radical (unpaired) electrons. The molecule has 2 N–H and O–H groups in total. The first-order valence-corrected chi connectivity index (χ1v) is 12.3. The van der Waals surface area contributed by atoms with Crippen molar-refractivity contribution in [3.63, 3.8) is 0 Å². The number of rotatable bonds is 20. The lowest BCUT2D eigenvalue weighted by molar-refractivity contribution is -0.120. The van der Waals surface area contributed by atoms with Crippen molar-refractivity contribution in [3.05, 3.63) is 24.3 Å². The number of carbonyl (C=O) groups is 2. The zero-order valence-corrected chi connectivity index (χ0v) is 19.9. The van der Waals surface area contributed by atoms with E-state index in [2.05, 4.69) is 41.5 Å². The van der Waals surface area contributed by atoms with Gasteiger partial charge in [-0.2, -0.15) is 0 Å². The monoisotopic (exact) mass is 435 g/mol. The van der Waals surface area contributed by atoms with E-state index in [1.54, 1.807) is 0 Å². The van der Waals surface area contributed by atoms with Crippen LogP contribution in [-0.2, 0) is 14.3 Å². The molecular formula is C25H45N3O3. The Bertz CT molecular complexity index is 490. The molecule has 0 aromatic rings. The Morgan fingerprint density at radius 1 is 0.839 bits per heavy atom. The number of unbranched alkanes of at least 4 members (excludes halogenated alkanes) is 6. The average molecular weight is 436 g/mol. The van der Waals surface area contributed by atoms with E-state index in [1.165, 1.54) is 38.5 Å². The second-order valence-electron chi connectivity index (χ2n) is 8.30. The topological polar surface area (TPSA) is 74.0 Å². The molecule has 1 atom stereocenters. The SMILES string of the molecule is CCCCC/C=C/CC(=O)NCCN(CCNC(=O)C/C=C/CCCCC)CC1CO1. The number of epoxide rings is 1. The van der Waals surface area contributed by atoms with E-state index in [1.807, 2.05) is 12.2 Å². The molecule has 0 aromatic heterocycles. The number of allylic oxidation sites excluding steroid dienone is 2. The fourth-order valence-corrected chi connectivity index (χ4v) is 3.25. The van der Waals surface area contributed by atoms with Gasteiger partial charge in [0.1, 0.15) is 0 Å². The molecule has 6 nitrogen and oxygen atoms in total. The molecular weight excluding hydrogens is 390 g/mol. The first-order valence-electron chi connectivity index (χ1n) is 12.3. The van der Waals surface area contributed by atoms with E-state index < -0.39 is 0 Å². The minimum atomic E-state index is 0.0633. The van der Waals surface area contributed by atoms with Gasteiger partial charge in [-0.25, -0.2) is 0 Å². The normalized spacial score (nSPS) is 15.8. The lowest BCUT2D eigenvalue weighted by Crippen LogP contribution is -2.41. The van der Waals surface area contributed by atoms with Gasteiger partial charge in [-0.3, -0.25) is 14.5 Å². The largest absolute Gasteiger partial charge is 0.372 e. The zero-order valence-electron chi connectivity index (χ0n) is 19.9. The lowest BCUT2D eigenvalue weighted by atomic mass is 10.2. The molecule has 0 aliphatic carbocycles. The standard InChI is InChI=1S/C25H45N3O3/c1-3-5-7-9-11-13-15-24(29)26-17-19-28(21-23-22-31-23)20-18-27-25(30)16-14-12-10-8-6-4-2/h11-14,23H,3-10,15-22H2,1-2H3,(H,26,29)(H,27,30)/b13-11+,14-12+. The maximum atomic E-state index is 12.0. The fraction of sp³-hybridized carbons (Fsp3) is 0.760. The van der Waals surface area contributed by atoms with E-state index in [-0.39, 0.29) is 11.8 Å². The summed E-state index contributed by atoms with van der Waals surface area (Å²) in [6, 6.07) is 0. The summed E-state index contributed by atoms with van der Waals surface area (Å²) in [6.07, 6.45) is 18.7. The quantitative estimate of drug-likeness (QED) is 0.172. The molecule has 1 rings (SSSR count). The van der Waals surface area contributed by atoms with Gasteiger partial charge in [0.05, 0.1) is 12.7 Å². The van der Waals surface area contributed by atoms with Crippen molar-refractivity contribution in [2.24, 2.45) is 0 Å². The summed E-state index contributed by atoms with van der Waals surface area (Å²) in [6.45, 7) is 8.79. The molecule has 0 spiro atoms. The van der Waals surface area contributed by atoms with Crippen LogP contribution in [0.5, 0.6) is 0 Å². The number of amides is 2. The van der Waals surface area contributed by atoms with Gasteiger partial charge < -0.3 is 15.4 Å². The van der Waals surface area contributed by atoms with Crippen molar-refractivity contribution < 1.29 is 14.3 Å². The van der Waals surface area contributed by atoms with Crippen LogP contribution < -0.4 is 10.6 Å². The number of nitrogens with zero attached hydrogens (tertiary/aromatic N) is 1. The number of carbonyl (C=O) groups excluding carboxylic acids is 2. The van der Waals surface area contributed by atoms with Crippen molar-refractivity contribution >= 4 is 11.8 Å². The van der Waals surface area contributed by atoms with Crippen LogP contribution in [-0.4, -0.2) is 62.1 Å². The minimum Gasteiger partial charge on any atom is -0.372 e. The summed E-state index contributed by atoms with van der Waals surface area (Å²) in [7, 11) is 0. The Kier molecular flexibility index (Phi) is 16.8. The Morgan fingerprint density at radius 3 is 1.74 bits per heavy atom. The summed E-state index contributed by atoms with van der Waals surface area (Å²) in [4.78, 5) is 26.2. The van der Waals surface area contributed by atoms with Crippen molar-refractivity contribution in [2.75, 3.05) is 39.3 Å².